The lowest BCUT2D eigenvalue weighted by molar-refractivity contribution is -0.133. The second-order valence-corrected chi connectivity index (χ2v) is 8.14. The Morgan fingerprint density at radius 2 is 2.12 bits per heavy atom. The smallest absolute Gasteiger partial charge is 0.258 e. The Morgan fingerprint density at radius 1 is 1.25 bits per heavy atom. The molecule has 0 saturated carbocycles. The second kappa shape index (κ2) is 10.4. The number of carbonyl (C=O) groups is 1. The van der Waals surface area contributed by atoms with Gasteiger partial charge in [-0.1, -0.05) is 24.3 Å². The number of hydrogen-bond acceptors (Lipinski definition) is 5. The molecule has 1 aromatic heterocycles. The summed E-state index contributed by atoms with van der Waals surface area (Å²) in [6.45, 7) is 1.86. The van der Waals surface area contributed by atoms with Crippen molar-refractivity contribution < 1.29 is 14.3 Å². The van der Waals surface area contributed by atoms with Crippen molar-refractivity contribution in [3.8, 4) is 5.75 Å². The molecule has 1 aliphatic rings. The lowest BCUT2D eigenvalue weighted by atomic mass is 10.1. The summed E-state index contributed by atoms with van der Waals surface area (Å²) >= 11 is 0. The molecule has 7 nitrogen and oxygen atoms in total. The first kappa shape index (κ1) is 22.0. The molecule has 2 heterocycles. The zero-order valence-electron chi connectivity index (χ0n) is 18.4. The lowest BCUT2D eigenvalue weighted by Crippen LogP contribution is -2.36. The van der Waals surface area contributed by atoms with Crippen molar-refractivity contribution in [2.24, 2.45) is 0 Å². The van der Waals surface area contributed by atoms with Gasteiger partial charge in [-0.15, -0.1) is 0 Å². The van der Waals surface area contributed by atoms with E-state index in [1.54, 1.807) is 13.2 Å². The fourth-order valence-electron chi connectivity index (χ4n) is 4.10. The molecule has 1 saturated heterocycles. The predicted molar refractivity (Wildman–Crippen MR) is 123 cm³/mol. The van der Waals surface area contributed by atoms with E-state index in [1.165, 1.54) is 0 Å². The average Bonchev–Trinajstić information content (AvgIpc) is 3.32. The van der Waals surface area contributed by atoms with E-state index in [0.717, 1.165) is 30.8 Å². The number of para-hydroxylation sites is 1. The van der Waals surface area contributed by atoms with E-state index in [0.29, 0.717) is 49.1 Å². The Kier molecular flexibility index (Phi) is 7.17. The maximum Gasteiger partial charge on any atom is 0.258 e. The zero-order valence-corrected chi connectivity index (χ0v) is 18.4. The third-order valence-corrected chi connectivity index (χ3v) is 5.77. The first-order valence-electron chi connectivity index (χ1n) is 11.1. The van der Waals surface area contributed by atoms with Gasteiger partial charge in [-0.3, -0.25) is 9.59 Å². The van der Waals surface area contributed by atoms with Crippen LogP contribution in [0.25, 0.3) is 10.9 Å². The largest absolute Gasteiger partial charge is 0.497 e. The Balaban J connectivity index is 1.40. The number of nitrogens with zero attached hydrogens (tertiary/aromatic N) is 2. The highest BCUT2D eigenvalue weighted by Crippen LogP contribution is 2.19. The number of rotatable bonds is 9. The number of benzene rings is 2. The first-order valence-corrected chi connectivity index (χ1v) is 11.1. The van der Waals surface area contributed by atoms with Crippen LogP contribution >= 0.6 is 0 Å². The van der Waals surface area contributed by atoms with Gasteiger partial charge in [-0.25, -0.2) is 4.98 Å². The first-order chi connectivity index (χ1) is 15.6. The minimum absolute atomic E-state index is 0.0754. The van der Waals surface area contributed by atoms with Crippen LogP contribution in [0.15, 0.2) is 53.3 Å². The van der Waals surface area contributed by atoms with Crippen LogP contribution in [-0.2, 0) is 22.5 Å². The number of ether oxygens (including phenoxy) is 2. The Hall–Kier alpha value is -3.19. The predicted octanol–water partition coefficient (Wildman–Crippen LogP) is 3.46. The molecule has 4 rings (SSSR count). The van der Waals surface area contributed by atoms with E-state index in [4.69, 9.17) is 9.47 Å². The molecule has 1 atom stereocenters. The Bertz CT molecular complexity index is 1120. The maximum atomic E-state index is 13.1. The van der Waals surface area contributed by atoms with Crippen molar-refractivity contribution >= 4 is 16.8 Å². The van der Waals surface area contributed by atoms with Gasteiger partial charge >= 0.3 is 0 Å². The van der Waals surface area contributed by atoms with E-state index >= 15 is 0 Å². The molecule has 0 bridgehead atoms. The molecule has 7 heteroatoms. The second-order valence-electron chi connectivity index (χ2n) is 8.14. The van der Waals surface area contributed by atoms with Gasteiger partial charge in [0.2, 0.25) is 5.91 Å². The number of amides is 1. The van der Waals surface area contributed by atoms with Crippen LogP contribution in [0.4, 0.5) is 0 Å². The highest BCUT2D eigenvalue weighted by Gasteiger charge is 2.23. The normalized spacial score (nSPS) is 15.7. The Labute approximate surface area is 187 Å². The lowest BCUT2D eigenvalue weighted by Gasteiger charge is -2.26. The molecule has 168 valence electrons. The van der Waals surface area contributed by atoms with Crippen molar-refractivity contribution in [1.29, 1.82) is 0 Å². The van der Waals surface area contributed by atoms with Gasteiger partial charge in [-0.2, -0.15) is 0 Å². The molecule has 1 N–H and O–H groups in total. The molecule has 3 aromatic rings. The summed E-state index contributed by atoms with van der Waals surface area (Å²) in [6.07, 6.45) is 3.63. The summed E-state index contributed by atoms with van der Waals surface area (Å²) in [5, 5.41) is 0.577. The number of fused-ring (bicyclic) bond motifs is 1. The standard InChI is InChI=1S/C25H29N3O4/c1-31-19-8-4-7-18(15-19)16-28(17-20-9-6-14-32-20)24(29)13-5-12-23-26-22-11-3-2-10-21(22)25(30)27-23/h2-4,7-8,10-11,15,20H,5-6,9,12-14,16-17H2,1H3,(H,26,27,30). The van der Waals surface area contributed by atoms with Gasteiger partial charge in [-0.05, 0) is 49.1 Å². The highest BCUT2D eigenvalue weighted by atomic mass is 16.5. The number of hydrogen-bond donors (Lipinski definition) is 1. The fourth-order valence-corrected chi connectivity index (χ4v) is 4.10. The molecule has 32 heavy (non-hydrogen) atoms. The molecular formula is C25H29N3O4. The summed E-state index contributed by atoms with van der Waals surface area (Å²) in [4.78, 5) is 34.6. The number of nitrogens with one attached hydrogen (secondary N) is 1. The number of aromatic amines is 1. The third-order valence-electron chi connectivity index (χ3n) is 5.77. The molecular weight excluding hydrogens is 406 g/mol. The number of aromatic nitrogens is 2. The number of methoxy groups -OCH3 is 1. The minimum atomic E-state index is -0.144. The summed E-state index contributed by atoms with van der Waals surface area (Å²) in [5.41, 5.74) is 1.56. The van der Waals surface area contributed by atoms with Gasteiger partial charge in [0.05, 0.1) is 24.1 Å². The van der Waals surface area contributed by atoms with Crippen LogP contribution in [0.1, 0.15) is 37.1 Å². The van der Waals surface area contributed by atoms with E-state index in [-0.39, 0.29) is 17.6 Å². The SMILES string of the molecule is COc1cccc(CN(CC2CCCO2)C(=O)CCCc2nc3ccccc3c(=O)[nH]2)c1. The summed E-state index contributed by atoms with van der Waals surface area (Å²) in [6, 6.07) is 15.1. The molecule has 1 amide bonds. The molecule has 0 radical (unpaired) electrons. The van der Waals surface area contributed by atoms with Crippen molar-refractivity contribution in [3.63, 3.8) is 0 Å². The van der Waals surface area contributed by atoms with E-state index in [9.17, 15) is 9.59 Å². The average molecular weight is 436 g/mol. The maximum absolute atomic E-state index is 13.1. The summed E-state index contributed by atoms with van der Waals surface area (Å²) in [7, 11) is 1.64. The third kappa shape index (κ3) is 5.53. The van der Waals surface area contributed by atoms with Crippen LogP contribution < -0.4 is 10.3 Å². The van der Waals surface area contributed by atoms with Crippen molar-refractivity contribution in [2.45, 2.75) is 44.8 Å². The molecule has 1 fully saturated rings. The molecule has 1 unspecified atom stereocenters. The highest BCUT2D eigenvalue weighted by molar-refractivity contribution is 5.77. The molecule has 1 aliphatic heterocycles. The molecule has 2 aromatic carbocycles. The monoisotopic (exact) mass is 435 g/mol. The van der Waals surface area contributed by atoms with Crippen LogP contribution in [0.5, 0.6) is 5.75 Å². The Morgan fingerprint density at radius 3 is 2.94 bits per heavy atom. The van der Waals surface area contributed by atoms with Crippen LogP contribution in [0.2, 0.25) is 0 Å². The number of carbonyl (C=O) groups excluding carboxylic acids is 1. The molecule has 0 spiro atoms. The number of H-pyrrole nitrogens is 1. The van der Waals surface area contributed by atoms with Gasteiger partial charge in [0.1, 0.15) is 11.6 Å². The van der Waals surface area contributed by atoms with Crippen LogP contribution in [-0.4, -0.2) is 47.1 Å². The quantitative estimate of drug-likeness (QED) is 0.556. The fraction of sp³-hybridized carbons (Fsp3) is 0.400. The minimum Gasteiger partial charge on any atom is -0.497 e. The summed E-state index contributed by atoms with van der Waals surface area (Å²) < 4.78 is 11.1. The molecule has 0 aliphatic carbocycles. The van der Waals surface area contributed by atoms with E-state index in [2.05, 4.69) is 9.97 Å². The van der Waals surface area contributed by atoms with Crippen molar-refractivity contribution in [3.05, 3.63) is 70.3 Å². The van der Waals surface area contributed by atoms with Crippen molar-refractivity contribution in [1.82, 2.24) is 14.9 Å². The van der Waals surface area contributed by atoms with Gasteiger partial charge in [0.15, 0.2) is 0 Å². The van der Waals surface area contributed by atoms with Crippen LogP contribution in [0, 0.1) is 0 Å². The van der Waals surface area contributed by atoms with Crippen LogP contribution in [0.3, 0.4) is 0 Å². The van der Waals surface area contributed by atoms with Gasteiger partial charge in [0.25, 0.3) is 5.56 Å². The zero-order chi connectivity index (χ0) is 22.3. The van der Waals surface area contributed by atoms with Crippen molar-refractivity contribution in [2.75, 3.05) is 20.3 Å². The van der Waals surface area contributed by atoms with E-state index < -0.39 is 0 Å². The van der Waals surface area contributed by atoms with Gasteiger partial charge < -0.3 is 19.4 Å². The summed E-state index contributed by atoms with van der Waals surface area (Å²) in [5.74, 6) is 1.46. The van der Waals surface area contributed by atoms with E-state index in [1.807, 2.05) is 47.4 Å². The topological polar surface area (TPSA) is 84.5 Å². The van der Waals surface area contributed by atoms with Gasteiger partial charge in [0, 0.05) is 32.5 Å². The number of aryl methyl sites for hydroxylation is 1.